The van der Waals surface area contributed by atoms with Gasteiger partial charge in [0.25, 0.3) is 0 Å². The minimum Gasteiger partial charge on any atom is -0.496 e. The van der Waals surface area contributed by atoms with E-state index in [9.17, 15) is 0 Å². The molecule has 3 heteroatoms. The van der Waals surface area contributed by atoms with Crippen LogP contribution in [0.2, 0.25) is 0 Å². The molecule has 0 saturated heterocycles. The van der Waals surface area contributed by atoms with Gasteiger partial charge in [0.05, 0.1) is 19.8 Å². The molecule has 1 aromatic carbocycles. The van der Waals surface area contributed by atoms with Crippen molar-refractivity contribution < 1.29 is 9.47 Å². The second-order valence-corrected chi connectivity index (χ2v) is 3.16. The van der Waals surface area contributed by atoms with Gasteiger partial charge in [0.1, 0.15) is 11.5 Å². The first-order valence-corrected chi connectivity index (χ1v) is 4.84. The second kappa shape index (κ2) is 5.41. The van der Waals surface area contributed by atoms with Gasteiger partial charge in [-0.1, -0.05) is 12.7 Å². The van der Waals surface area contributed by atoms with Crippen LogP contribution in [0.5, 0.6) is 11.5 Å². The van der Waals surface area contributed by atoms with Gasteiger partial charge in [0.15, 0.2) is 0 Å². The average Bonchev–Trinajstić information content (AvgIpc) is 2.28. The molecular weight excluding hydrogens is 190 g/mol. The lowest BCUT2D eigenvalue weighted by atomic mass is 10.1. The van der Waals surface area contributed by atoms with Gasteiger partial charge in [-0.05, 0) is 30.7 Å². The zero-order valence-electron chi connectivity index (χ0n) is 9.25. The van der Waals surface area contributed by atoms with Crippen molar-refractivity contribution in [1.82, 2.24) is 0 Å². The van der Waals surface area contributed by atoms with Gasteiger partial charge in [-0.25, -0.2) is 0 Å². The van der Waals surface area contributed by atoms with Crippen LogP contribution in [0.25, 0.3) is 6.08 Å². The number of nitrogens with two attached hydrogens (primary N) is 1. The third-order valence-corrected chi connectivity index (χ3v) is 2.24. The lowest BCUT2D eigenvalue weighted by Crippen LogP contribution is -2.04. The van der Waals surface area contributed by atoms with Gasteiger partial charge >= 0.3 is 0 Å². The van der Waals surface area contributed by atoms with Crippen LogP contribution in [0.15, 0.2) is 18.7 Å². The number of methoxy groups -OCH3 is 2. The van der Waals surface area contributed by atoms with Gasteiger partial charge in [-0.3, -0.25) is 0 Å². The molecule has 0 saturated carbocycles. The van der Waals surface area contributed by atoms with Crippen LogP contribution in [0.3, 0.4) is 0 Å². The van der Waals surface area contributed by atoms with Gasteiger partial charge in [-0.15, -0.1) is 0 Å². The molecule has 0 spiro atoms. The summed E-state index contributed by atoms with van der Waals surface area (Å²) in [5.41, 5.74) is 7.50. The van der Waals surface area contributed by atoms with Crippen molar-refractivity contribution in [3.63, 3.8) is 0 Å². The van der Waals surface area contributed by atoms with Crippen molar-refractivity contribution >= 4 is 6.08 Å². The van der Waals surface area contributed by atoms with Crippen LogP contribution >= 0.6 is 0 Å². The Hall–Kier alpha value is -1.48. The Morgan fingerprint density at radius 3 is 2.13 bits per heavy atom. The smallest absolute Gasteiger partial charge is 0.130 e. The van der Waals surface area contributed by atoms with E-state index in [1.807, 2.05) is 12.1 Å². The highest BCUT2D eigenvalue weighted by atomic mass is 16.5. The van der Waals surface area contributed by atoms with Crippen LogP contribution in [0.1, 0.15) is 11.1 Å². The van der Waals surface area contributed by atoms with E-state index in [-0.39, 0.29) is 0 Å². The van der Waals surface area contributed by atoms with E-state index in [1.54, 1.807) is 20.3 Å². The summed E-state index contributed by atoms with van der Waals surface area (Å²) in [6.45, 7) is 4.35. The third-order valence-electron chi connectivity index (χ3n) is 2.24. The predicted molar refractivity (Wildman–Crippen MR) is 62.4 cm³/mol. The summed E-state index contributed by atoms with van der Waals surface area (Å²) in [6.07, 6.45) is 2.54. The summed E-state index contributed by atoms with van der Waals surface area (Å²) in [4.78, 5) is 0. The highest BCUT2D eigenvalue weighted by molar-refractivity contribution is 5.64. The lowest BCUT2D eigenvalue weighted by Gasteiger charge is -2.12. The molecule has 0 aliphatic heterocycles. The first-order chi connectivity index (χ1) is 7.26. The molecule has 0 heterocycles. The first-order valence-electron chi connectivity index (χ1n) is 4.84. The molecule has 2 N–H and O–H groups in total. The van der Waals surface area contributed by atoms with Crippen molar-refractivity contribution in [3.8, 4) is 11.5 Å². The molecule has 0 radical (unpaired) electrons. The monoisotopic (exact) mass is 207 g/mol. The fourth-order valence-corrected chi connectivity index (χ4v) is 1.51. The Morgan fingerprint density at radius 1 is 1.27 bits per heavy atom. The zero-order chi connectivity index (χ0) is 11.3. The Kier molecular flexibility index (Phi) is 4.18. The number of hydrogen-bond acceptors (Lipinski definition) is 3. The van der Waals surface area contributed by atoms with E-state index in [0.717, 1.165) is 29.0 Å². The highest BCUT2D eigenvalue weighted by Gasteiger charge is 2.08. The average molecular weight is 207 g/mol. The van der Waals surface area contributed by atoms with E-state index in [1.165, 1.54) is 0 Å². The van der Waals surface area contributed by atoms with Crippen molar-refractivity contribution in [2.24, 2.45) is 5.73 Å². The van der Waals surface area contributed by atoms with E-state index in [4.69, 9.17) is 15.2 Å². The Balaban J connectivity index is 3.22. The lowest BCUT2D eigenvalue weighted by molar-refractivity contribution is 0.391. The minimum absolute atomic E-state index is 0.611. The Morgan fingerprint density at radius 2 is 1.80 bits per heavy atom. The largest absolute Gasteiger partial charge is 0.496 e. The number of ether oxygens (including phenoxy) is 2. The molecule has 0 amide bonds. The van der Waals surface area contributed by atoms with Crippen LogP contribution < -0.4 is 15.2 Å². The van der Waals surface area contributed by atoms with Gasteiger partial charge < -0.3 is 15.2 Å². The number of hydrogen-bond donors (Lipinski definition) is 1. The van der Waals surface area contributed by atoms with Crippen molar-refractivity contribution in [2.75, 3.05) is 20.8 Å². The summed E-state index contributed by atoms with van der Waals surface area (Å²) < 4.78 is 10.5. The Bertz CT molecular complexity index is 322. The molecule has 0 aliphatic carbocycles. The Labute approximate surface area is 90.5 Å². The van der Waals surface area contributed by atoms with E-state index in [0.29, 0.717) is 6.54 Å². The topological polar surface area (TPSA) is 44.5 Å². The third kappa shape index (κ3) is 2.50. The summed E-state index contributed by atoms with van der Waals surface area (Å²) in [5, 5.41) is 0. The maximum Gasteiger partial charge on any atom is 0.130 e. The summed E-state index contributed by atoms with van der Waals surface area (Å²) in [7, 11) is 3.27. The van der Waals surface area contributed by atoms with Crippen LogP contribution in [-0.2, 0) is 6.42 Å². The highest BCUT2D eigenvalue weighted by Crippen LogP contribution is 2.31. The summed E-state index contributed by atoms with van der Waals surface area (Å²) in [6, 6.07) is 3.93. The van der Waals surface area contributed by atoms with Crippen LogP contribution in [0, 0.1) is 0 Å². The maximum absolute atomic E-state index is 5.51. The maximum atomic E-state index is 5.51. The standard InChI is InChI=1S/C12H17NO2/c1-4-10-11(14-2)7-9(5-6-13)8-12(10)15-3/h4,7-8H,1,5-6,13H2,2-3H3. The summed E-state index contributed by atoms with van der Waals surface area (Å²) >= 11 is 0. The minimum atomic E-state index is 0.611. The molecule has 0 atom stereocenters. The van der Waals surface area contributed by atoms with Gasteiger partial charge in [0.2, 0.25) is 0 Å². The van der Waals surface area contributed by atoms with E-state index in [2.05, 4.69) is 6.58 Å². The fraction of sp³-hybridized carbons (Fsp3) is 0.333. The predicted octanol–water partition coefficient (Wildman–Crippen LogP) is 1.85. The molecular formula is C12H17NO2. The molecule has 0 aliphatic rings. The normalized spacial score (nSPS) is 9.80. The van der Waals surface area contributed by atoms with Crippen molar-refractivity contribution in [3.05, 3.63) is 29.8 Å². The molecule has 0 fully saturated rings. The quantitative estimate of drug-likeness (QED) is 0.801. The molecule has 1 aromatic rings. The molecule has 0 aromatic heterocycles. The molecule has 3 nitrogen and oxygen atoms in total. The number of rotatable bonds is 5. The van der Waals surface area contributed by atoms with Crippen molar-refractivity contribution in [1.29, 1.82) is 0 Å². The first kappa shape index (κ1) is 11.6. The fourth-order valence-electron chi connectivity index (χ4n) is 1.51. The second-order valence-electron chi connectivity index (χ2n) is 3.16. The molecule has 0 unspecified atom stereocenters. The van der Waals surface area contributed by atoms with Gasteiger partial charge in [-0.2, -0.15) is 0 Å². The molecule has 82 valence electrons. The molecule has 1 rings (SSSR count). The van der Waals surface area contributed by atoms with Crippen LogP contribution in [-0.4, -0.2) is 20.8 Å². The van der Waals surface area contributed by atoms with E-state index >= 15 is 0 Å². The zero-order valence-corrected chi connectivity index (χ0v) is 9.25. The summed E-state index contributed by atoms with van der Waals surface area (Å²) in [5.74, 6) is 1.54. The van der Waals surface area contributed by atoms with Gasteiger partial charge in [0, 0.05) is 0 Å². The number of benzene rings is 1. The van der Waals surface area contributed by atoms with Crippen molar-refractivity contribution in [2.45, 2.75) is 6.42 Å². The van der Waals surface area contributed by atoms with E-state index < -0.39 is 0 Å². The van der Waals surface area contributed by atoms with Crippen LogP contribution in [0.4, 0.5) is 0 Å². The molecule has 0 bridgehead atoms. The molecule has 15 heavy (non-hydrogen) atoms. The SMILES string of the molecule is C=Cc1c(OC)cc(CCN)cc1OC.